The lowest BCUT2D eigenvalue weighted by Crippen LogP contribution is -2.37. The summed E-state index contributed by atoms with van der Waals surface area (Å²) in [6, 6.07) is 0. The van der Waals surface area contributed by atoms with Crippen molar-refractivity contribution in [3.63, 3.8) is 0 Å². The Morgan fingerprint density at radius 2 is 1.12 bits per heavy atom. The third-order valence-electron chi connectivity index (χ3n) is 6.04. The van der Waals surface area contributed by atoms with Crippen molar-refractivity contribution >= 4 is 5.97 Å². The van der Waals surface area contributed by atoms with E-state index in [4.69, 9.17) is 0 Å². The molecule has 2 heteroatoms. The summed E-state index contributed by atoms with van der Waals surface area (Å²) in [4.78, 5) is 12.3. The van der Waals surface area contributed by atoms with E-state index in [0.717, 1.165) is 38.5 Å². The maximum atomic E-state index is 12.3. The maximum absolute atomic E-state index is 12.3. The van der Waals surface area contributed by atoms with Gasteiger partial charge >= 0.3 is 5.97 Å². The van der Waals surface area contributed by atoms with Crippen molar-refractivity contribution in [2.24, 2.45) is 11.3 Å². The average molecular weight is 355 g/mol. The number of carboxylic acid groups (broad SMARTS) is 1. The molecule has 0 aliphatic rings. The zero-order valence-electron chi connectivity index (χ0n) is 17.7. The molecule has 150 valence electrons. The maximum Gasteiger partial charge on any atom is 0.309 e. The van der Waals surface area contributed by atoms with Gasteiger partial charge in [0.25, 0.3) is 0 Å². The molecule has 0 amide bonds. The predicted molar refractivity (Wildman–Crippen MR) is 110 cm³/mol. The Bertz CT molecular complexity index is 295. The lowest BCUT2D eigenvalue weighted by atomic mass is 9.67. The summed E-state index contributed by atoms with van der Waals surface area (Å²) in [6.45, 7) is 8.84. The van der Waals surface area contributed by atoms with E-state index in [-0.39, 0.29) is 0 Å². The first-order chi connectivity index (χ1) is 12.0. The Balaban J connectivity index is 4.57. The summed E-state index contributed by atoms with van der Waals surface area (Å²) in [6.07, 6.45) is 18.8. The van der Waals surface area contributed by atoms with Crippen molar-refractivity contribution < 1.29 is 9.90 Å². The lowest BCUT2D eigenvalue weighted by Gasteiger charge is -2.36. The first kappa shape index (κ1) is 24.5. The standard InChI is InChI=1S/C23H46O2/c1-5-8-10-12-14-16-19-23(22(24)25,21(4)18-7-3)20-17-15-13-11-9-6-2/h21H,5-20H2,1-4H3,(H,24,25). The van der Waals surface area contributed by atoms with Crippen LogP contribution in [0.25, 0.3) is 0 Å². The van der Waals surface area contributed by atoms with E-state index in [2.05, 4.69) is 27.7 Å². The fraction of sp³-hybridized carbons (Fsp3) is 0.957. The first-order valence-corrected chi connectivity index (χ1v) is 11.3. The second-order valence-corrected chi connectivity index (χ2v) is 8.19. The van der Waals surface area contributed by atoms with Crippen LogP contribution >= 0.6 is 0 Å². The molecule has 0 aromatic carbocycles. The summed E-state index contributed by atoms with van der Waals surface area (Å²) in [5, 5.41) is 10.1. The van der Waals surface area contributed by atoms with Crippen LogP contribution in [0.15, 0.2) is 0 Å². The molecule has 0 aromatic rings. The fourth-order valence-corrected chi connectivity index (χ4v) is 4.19. The molecule has 0 saturated heterocycles. The molecule has 1 atom stereocenters. The summed E-state index contributed by atoms with van der Waals surface area (Å²) in [5.74, 6) is -0.239. The number of carboxylic acids is 1. The minimum absolute atomic E-state index is 0.293. The monoisotopic (exact) mass is 354 g/mol. The average Bonchev–Trinajstić information content (AvgIpc) is 2.59. The van der Waals surface area contributed by atoms with Gasteiger partial charge in [-0.3, -0.25) is 4.79 Å². The highest BCUT2D eigenvalue weighted by Crippen LogP contribution is 2.41. The molecule has 25 heavy (non-hydrogen) atoms. The molecule has 0 aliphatic heterocycles. The highest BCUT2D eigenvalue weighted by molar-refractivity contribution is 5.75. The smallest absolute Gasteiger partial charge is 0.309 e. The number of aliphatic carboxylic acids is 1. The van der Waals surface area contributed by atoms with Gasteiger partial charge in [0.15, 0.2) is 0 Å². The van der Waals surface area contributed by atoms with Crippen LogP contribution in [-0.4, -0.2) is 11.1 Å². The molecule has 0 saturated carbocycles. The van der Waals surface area contributed by atoms with Gasteiger partial charge in [-0.25, -0.2) is 0 Å². The van der Waals surface area contributed by atoms with Crippen LogP contribution in [-0.2, 0) is 4.79 Å². The molecule has 0 radical (unpaired) electrons. The van der Waals surface area contributed by atoms with E-state index >= 15 is 0 Å². The van der Waals surface area contributed by atoms with Crippen LogP contribution < -0.4 is 0 Å². The Kier molecular flexibility index (Phi) is 15.4. The fourth-order valence-electron chi connectivity index (χ4n) is 4.19. The summed E-state index contributed by atoms with van der Waals surface area (Å²) < 4.78 is 0. The van der Waals surface area contributed by atoms with Gasteiger partial charge in [-0.2, -0.15) is 0 Å². The molecule has 1 N–H and O–H groups in total. The molecule has 0 bridgehead atoms. The molecule has 0 aliphatic carbocycles. The normalized spacial score (nSPS) is 13.1. The third-order valence-corrected chi connectivity index (χ3v) is 6.04. The van der Waals surface area contributed by atoms with E-state index in [1.165, 1.54) is 64.2 Å². The number of hydrogen-bond acceptors (Lipinski definition) is 1. The molecule has 0 heterocycles. The molecule has 0 aromatic heterocycles. The van der Waals surface area contributed by atoms with E-state index in [1.54, 1.807) is 0 Å². The van der Waals surface area contributed by atoms with Crippen molar-refractivity contribution in [1.29, 1.82) is 0 Å². The Morgan fingerprint density at radius 3 is 1.48 bits per heavy atom. The van der Waals surface area contributed by atoms with Gasteiger partial charge in [-0.15, -0.1) is 0 Å². The predicted octanol–water partition coefficient (Wildman–Crippen LogP) is 7.99. The summed E-state index contributed by atoms with van der Waals surface area (Å²) >= 11 is 0. The molecule has 0 fully saturated rings. The van der Waals surface area contributed by atoms with Gasteiger partial charge < -0.3 is 5.11 Å². The van der Waals surface area contributed by atoms with E-state index in [0.29, 0.717) is 5.92 Å². The number of hydrogen-bond donors (Lipinski definition) is 1. The van der Waals surface area contributed by atoms with Crippen LogP contribution in [0.4, 0.5) is 0 Å². The first-order valence-electron chi connectivity index (χ1n) is 11.3. The zero-order valence-corrected chi connectivity index (χ0v) is 17.7. The van der Waals surface area contributed by atoms with Crippen LogP contribution in [0.2, 0.25) is 0 Å². The minimum atomic E-state index is -0.532. The number of unbranched alkanes of at least 4 members (excludes halogenated alkanes) is 10. The zero-order chi connectivity index (χ0) is 19.0. The Morgan fingerprint density at radius 1 is 0.720 bits per heavy atom. The number of rotatable bonds is 18. The van der Waals surface area contributed by atoms with Gasteiger partial charge in [0.2, 0.25) is 0 Å². The van der Waals surface area contributed by atoms with Gasteiger partial charge in [0.05, 0.1) is 5.41 Å². The quantitative estimate of drug-likeness (QED) is 0.253. The van der Waals surface area contributed by atoms with Gasteiger partial charge in [0, 0.05) is 0 Å². The summed E-state index contributed by atoms with van der Waals surface area (Å²) in [7, 11) is 0. The largest absolute Gasteiger partial charge is 0.481 e. The van der Waals surface area contributed by atoms with Gasteiger partial charge in [-0.1, -0.05) is 111 Å². The van der Waals surface area contributed by atoms with Crippen LogP contribution in [0, 0.1) is 11.3 Å². The van der Waals surface area contributed by atoms with E-state index < -0.39 is 11.4 Å². The second kappa shape index (κ2) is 15.7. The Hall–Kier alpha value is -0.530. The highest BCUT2D eigenvalue weighted by Gasteiger charge is 2.41. The SMILES string of the molecule is CCCCCCCCC(CCCCCCCC)(C(=O)O)C(C)CCC. The number of carbonyl (C=O) groups is 1. The minimum Gasteiger partial charge on any atom is -0.481 e. The van der Waals surface area contributed by atoms with Crippen molar-refractivity contribution in [3.05, 3.63) is 0 Å². The highest BCUT2D eigenvalue weighted by atomic mass is 16.4. The molecule has 0 spiro atoms. The molecule has 2 nitrogen and oxygen atoms in total. The lowest BCUT2D eigenvalue weighted by molar-refractivity contribution is -0.154. The topological polar surface area (TPSA) is 37.3 Å². The van der Waals surface area contributed by atoms with Crippen molar-refractivity contribution in [2.75, 3.05) is 0 Å². The van der Waals surface area contributed by atoms with Crippen LogP contribution in [0.3, 0.4) is 0 Å². The van der Waals surface area contributed by atoms with E-state index in [9.17, 15) is 9.90 Å². The van der Waals surface area contributed by atoms with Gasteiger partial charge in [-0.05, 0) is 25.2 Å². The molecular formula is C23H46O2. The van der Waals surface area contributed by atoms with E-state index in [1.807, 2.05) is 0 Å². The van der Waals surface area contributed by atoms with Crippen LogP contribution in [0.5, 0.6) is 0 Å². The summed E-state index contributed by atoms with van der Waals surface area (Å²) in [5.41, 5.74) is -0.481. The molecule has 1 unspecified atom stereocenters. The van der Waals surface area contributed by atoms with Gasteiger partial charge in [0.1, 0.15) is 0 Å². The van der Waals surface area contributed by atoms with Crippen molar-refractivity contribution in [3.8, 4) is 0 Å². The van der Waals surface area contributed by atoms with Crippen molar-refractivity contribution in [1.82, 2.24) is 0 Å². The second-order valence-electron chi connectivity index (χ2n) is 8.19. The van der Waals surface area contributed by atoms with Crippen molar-refractivity contribution in [2.45, 2.75) is 130 Å². The molecule has 0 rings (SSSR count). The third kappa shape index (κ3) is 10.3. The van der Waals surface area contributed by atoms with Crippen LogP contribution in [0.1, 0.15) is 130 Å². The Labute approximate surface area is 158 Å². The molecular weight excluding hydrogens is 308 g/mol.